The topological polar surface area (TPSA) is 41.8 Å². The van der Waals surface area contributed by atoms with E-state index in [9.17, 15) is 5.11 Å². The molecule has 1 heterocycles. The van der Waals surface area contributed by atoms with Crippen LogP contribution in [0.25, 0.3) is 0 Å². The largest absolute Gasteiger partial charge is 0.476 e. The van der Waals surface area contributed by atoms with Crippen LogP contribution < -0.4 is 0 Å². The quantitative estimate of drug-likeness (QED) is 0.841. The first-order valence-electron chi connectivity index (χ1n) is 5.52. The van der Waals surface area contributed by atoms with Crippen molar-refractivity contribution in [2.24, 2.45) is 4.99 Å². The molecule has 0 fully saturated rings. The van der Waals surface area contributed by atoms with Crippen LogP contribution in [0.5, 0.6) is 0 Å². The highest BCUT2D eigenvalue weighted by molar-refractivity contribution is 5.95. The molecule has 0 atom stereocenters. The van der Waals surface area contributed by atoms with Gasteiger partial charge in [-0.15, -0.1) is 0 Å². The number of nitrogens with zero attached hydrogens (tertiary/aromatic N) is 1. The summed E-state index contributed by atoms with van der Waals surface area (Å²) in [6, 6.07) is 8.03. The van der Waals surface area contributed by atoms with E-state index in [0.29, 0.717) is 6.61 Å². The van der Waals surface area contributed by atoms with E-state index in [1.807, 2.05) is 38.1 Å². The van der Waals surface area contributed by atoms with Crippen LogP contribution in [0, 0.1) is 0 Å². The van der Waals surface area contributed by atoms with Crippen LogP contribution in [0.2, 0.25) is 0 Å². The number of ether oxygens (including phenoxy) is 1. The van der Waals surface area contributed by atoms with E-state index in [1.165, 1.54) is 0 Å². The van der Waals surface area contributed by atoms with Crippen LogP contribution >= 0.6 is 0 Å². The lowest BCUT2D eigenvalue weighted by Crippen LogP contribution is -2.22. The molecule has 1 aromatic rings. The van der Waals surface area contributed by atoms with Gasteiger partial charge in [0, 0.05) is 11.0 Å². The molecule has 1 aromatic carbocycles. The number of aliphatic imine (C=N–C) groups is 1. The molecule has 0 saturated heterocycles. The van der Waals surface area contributed by atoms with Crippen molar-refractivity contribution in [1.82, 2.24) is 0 Å². The second-order valence-electron chi connectivity index (χ2n) is 4.66. The maximum atomic E-state index is 9.34. The van der Waals surface area contributed by atoms with Crippen molar-refractivity contribution in [2.75, 3.05) is 19.8 Å². The Labute approximate surface area is 95.8 Å². The number of benzene rings is 1. The van der Waals surface area contributed by atoms with Gasteiger partial charge in [0.1, 0.15) is 6.61 Å². The van der Waals surface area contributed by atoms with Crippen LogP contribution in [0.3, 0.4) is 0 Å². The molecule has 86 valence electrons. The third kappa shape index (κ3) is 2.09. The zero-order valence-corrected chi connectivity index (χ0v) is 9.73. The van der Waals surface area contributed by atoms with Crippen molar-refractivity contribution >= 4 is 5.90 Å². The Hall–Kier alpha value is -1.35. The van der Waals surface area contributed by atoms with Gasteiger partial charge in [-0.05, 0) is 17.7 Å². The molecule has 0 amide bonds. The van der Waals surface area contributed by atoms with Gasteiger partial charge in [-0.25, -0.2) is 4.99 Å². The first kappa shape index (κ1) is 11.1. The van der Waals surface area contributed by atoms with Crippen molar-refractivity contribution < 1.29 is 9.84 Å². The summed E-state index contributed by atoms with van der Waals surface area (Å²) in [4.78, 5) is 4.29. The van der Waals surface area contributed by atoms with Crippen LogP contribution in [-0.4, -0.2) is 30.8 Å². The molecule has 0 aliphatic carbocycles. The minimum atomic E-state index is -0.227. The van der Waals surface area contributed by atoms with Gasteiger partial charge < -0.3 is 9.84 Å². The molecule has 3 heteroatoms. The third-order valence-corrected chi connectivity index (χ3v) is 2.87. The highest BCUT2D eigenvalue weighted by atomic mass is 16.5. The van der Waals surface area contributed by atoms with E-state index in [0.717, 1.165) is 23.6 Å². The minimum Gasteiger partial charge on any atom is -0.476 e. The van der Waals surface area contributed by atoms with Gasteiger partial charge in [0.25, 0.3) is 0 Å². The molecule has 1 aliphatic rings. The van der Waals surface area contributed by atoms with Gasteiger partial charge >= 0.3 is 0 Å². The fraction of sp³-hybridized carbons (Fsp3) is 0.462. The predicted octanol–water partition coefficient (Wildman–Crippen LogP) is 1.73. The van der Waals surface area contributed by atoms with E-state index in [1.54, 1.807) is 0 Å². The number of rotatable bonds is 3. The van der Waals surface area contributed by atoms with Gasteiger partial charge in [0.15, 0.2) is 0 Å². The summed E-state index contributed by atoms with van der Waals surface area (Å²) in [5, 5.41) is 9.34. The van der Waals surface area contributed by atoms with Crippen molar-refractivity contribution in [2.45, 2.75) is 19.3 Å². The lowest BCUT2D eigenvalue weighted by Gasteiger charge is -2.22. The monoisotopic (exact) mass is 219 g/mol. The van der Waals surface area contributed by atoms with E-state index in [-0.39, 0.29) is 12.0 Å². The lowest BCUT2D eigenvalue weighted by atomic mass is 9.85. The summed E-state index contributed by atoms with van der Waals surface area (Å²) in [5.74, 6) is 0.718. The number of hydrogen-bond donors (Lipinski definition) is 1. The average molecular weight is 219 g/mol. The molecule has 0 spiro atoms. The Morgan fingerprint density at radius 3 is 2.88 bits per heavy atom. The number of aliphatic hydroxyl groups is 1. The molecule has 1 aliphatic heterocycles. The first-order chi connectivity index (χ1) is 7.63. The van der Waals surface area contributed by atoms with Crippen LogP contribution in [0.4, 0.5) is 0 Å². The van der Waals surface area contributed by atoms with E-state index in [2.05, 4.69) is 4.99 Å². The van der Waals surface area contributed by atoms with Crippen LogP contribution in [0.15, 0.2) is 29.3 Å². The SMILES string of the molecule is CC(C)(CO)c1cccc(C2=NCCO2)c1. The maximum absolute atomic E-state index is 9.34. The highest BCUT2D eigenvalue weighted by Gasteiger charge is 2.20. The fourth-order valence-electron chi connectivity index (χ4n) is 1.67. The minimum absolute atomic E-state index is 0.129. The molecule has 16 heavy (non-hydrogen) atoms. The Bertz CT molecular complexity index is 410. The smallest absolute Gasteiger partial charge is 0.216 e. The highest BCUT2D eigenvalue weighted by Crippen LogP contribution is 2.23. The zero-order chi connectivity index (χ0) is 11.6. The molecule has 0 radical (unpaired) electrons. The third-order valence-electron chi connectivity index (χ3n) is 2.87. The Morgan fingerprint density at radius 1 is 1.44 bits per heavy atom. The Morgan fingerprint density at radius 2 is 2.25 bits per heavy atom. The van der Waals surface area contributed by atoms with Crippen molar-refractivity contribution in [3.63, 3.8) is 0 Å². The normalized spacial score (nSPS) is 15.8. The molecule has 0 unspecified atom stereocenters. The van der Waals surface area contributed by atoms with E-state index < -0.39 is 0 Å². The van der Waals surface area contributed by atoms with E-state index >= 15 is 0 Å². The summed E-state index contributed by atoms with van der Waals surface area (Å²) in [5.41, 5.74) is 1.87. The molecule has 1 N–H and O–H groups in total. The molecular formula is C13H17NO2. The Balaban J connectivity index is 2.33. The molecule has 0 saturated carbocycles. The average Bonchev–Trinajstić information content (AvgIpc) is 2.83. The van der Waals surface area contributed by atoms with Gasteiger partial charge in [-0.3, -0.25) is 0 Å². The molecule has 0 bridgehead atoms. The summed E-state index contributed by atoms with van der Waals surface area (Å²) < 4.78 is 5.43. The van der Waals surface area contributed by atoms with Crippen molar-refractivity contribution in [3.8, 4) is 0 Å². The second-order valence-corrected chi connectivity index (χ2v) is 4.66. The summed E-state index contributed by atoms with van der Waals surface area (Å²) in [7, 11) is 0. The van der Waals surface area contributed by atoms with Gasteiger partial charge in [0.05, 0.1) is 13.2 Å². The molecule has 2 rings (SSSR count). The second kappa shape index (κ2) is 4.26. The van der Waals surface area contributed by atoms with Crippen molar-refractivity contribution in [3.05, 3.63) is 35.4 Å². The van der Waals surface area contributed by atoms with Gasteiger partial charge in [-0.2, -0.15) is 0 Å². The predicted molar refractivity (Wildman–Crippen MR) is 63.9 cm³/mol. The van der Waals surface area contributed by atoms with Gasteiger partial charge in [0.2, 0.25) is 5.90 Å². The van der Waals surface area contributed by atoms with Crippen LogP contribution in [-0.2, 0) is 10.2 Å². The van der Waals surface area contributed by atoms with E-state index in [4.69, 9.17) is 4.74 Å². The number of aliphatic hydroxyl groups excluding tert-OH is 1. The van der Waals surface area contributed by atoms with Gasteiger partial charge in [-0.1, -0.05) is 26.0 Å². The fourth-order valence-corrected chi connectivity index (χ4v) is 1.67. The Kier molecular flexibility index (Phi) is 2.97. The first-order valence-corrected chi connectivity index (χ1v) is 5.52. The molecular weight excluding hydrogens is 202 g/mol. The summed E-state index contributed by atoms with van der Waals surface area (Å²) >= 11 is 0. The zero-order valence-electron chi connectivity index (χ0n) is 9.73. The lowest BCUT2D eigenvalue weighted by molar-refractivity contribution is 0.218. The summed E-state index contributed by atoms with van der Waals surface area (Å²) in [6.45, 7) is 5.57. The van der Waals surface area contributed by atoms with Crippen molar-refractivity contribution in [1.29, 1.82) is 0 Å². The number of hydrogen-bond acceptors (Lipinski definition) is 3. The van der Waals surface area contributed by atoms with Crippen LogP contribution in [0.1, 0.15) is 25.0 Å². The molecule has 0 aromatic heterocycles. The summed E-state index contributed by atoms with van der Waals surface area (Å²) in [6.07, 6.45) is 0. The standard InChI is InChI=1S/C13H17NO2/c1-13(2,9-15)11-5-3-4-10(8-11)12-14-6-7-16-12/h3-5,8,15H,6-7,9H2,1-2H3. The molecule has 3 nitrogen and oxygen atoms in total. The maximum Gasteiger partial charge on any atom is 0.216 e.